The molecule has 2 heterocycles. The van der Waals surface area contributed by atoms with Crippen LogP contribution in [0.4, 0.5) is 0 Å². The molecule has 0 spiro atoms. The van der Waals surface area contributed by atoms with Crippen molar-refractivity contribution in [1.29, 1.82) is 0 Å². The molecule has 0 unspecified atom stereocenters. The lowest BCUT2D eigenvalue weighted by molar-refractivity contribution is -0.129. The van der Waals surface area contributed by atoms with Gasteiger partial charge in [0.25, 0.3) is 5.56 Å². The summed E-state index contributed by atoms with van der Waals surface area (Å²) < 4.78 is 1.53. The number of carbonyl (C=O) groups is 1. The van der Waals surface area contributed by atoms with Crippen molar-refractivity contribution in [2.45, 2.75) is 39.8 Å². The van der Waals surface area contributed by atoms with Crippen LogP contribution in [0.3, 0.4) is 0 Å². The molecule has 0 saturated heterocycles. The summed E-state index contributed by atoms with van der Waals surface area (Å²) in [5.74, 6) is 1.60. The number of carbonyl (C=O) groups excluding carboxylic acids is 1. The molecule has 0 aliphatic heterocycles. The van der Waals surface area contributed by atoms with Crippen LogP contribution in [-0.2, 0) is 4.79 Å². The molecule has 1 aromatic carbocycles. The van der Waals surface area contributed by atoms with E-state index < -0.39 is 0 Å². The molecular weight excluding hydrogens is 408 g/mol. The molecule has 0 aliphatic rings. The average Bonchev–Trinajstić information content (AvgIpc) is 2.72. The van der Waals surface area contributed by atoms with Gasteiger partial charge in [-0.1, -0.05) is 57.7 Å². The van der Waals surface area contributed by atoms with Gasteiger partial charge in [-0.05, 0) is 42.5 Å². The Bertz CT molecular complexity index is 1110. The SMILES string of the molecule is Cc1cccnc1-n1c(SCC(=O)N(CC(C)C)CC(C)C)nc2ccccc2c1=O. The maximum atomic E-state index is 13.3. The minimum atomic E-state index is -0.177. The number of aryl methyl sites for hydroxylation is 1. The molecule has 0 saturated carbocycles. The van der Waals surface area contributed by atoms with Crippen molar-refractivity contribution in [3.63, 3.8) is 0 Å². The van der Waals surface area contributed by atoms with E-state index >= 15 is 0 Å². The first-order valence-corrected chi connectivity index (χ1v) is 11.6. The summed E-state index contributed by atoms with van der Waals surface area (Å²) in [6, 6.07) is 11.0. The second-order valence-corrected chi connectivity index (χ2v) is 9.51. The van der Waals surface area contributed by atoms with E-state index in [2.05, 4.69) is 32.7 Å². The zero-order chi connectivity index (χ0) is 22.5. The van der Waals surface area contributed by atoms with Gasteiger partial charge in [-0.3, -0.25) is 9.59 Å². The Morgan fingerprint density at radius 3 is 2.39 bits per heavy atom. The van der Waals surface area contributed by atoms with Crippen LogP contribution in [0.2, 0.25) is 0 Å². The summed E-state index contributed by atoms with van der Waals surface area (Å²) >= 11 is 1.29. The highest BCUT2D eigenvalue weighted by atomic mass is 32.2. The molecule has 3 aromatic rings. The summed E-state index contributed by atoms with van der Waals surface area (Å²) in [6.07, 6.45) is 1.66. The standard InChI is InChI=1S/C24H30N4O2S/c1-16(2)13-27(14-17(3)4)21(29)15-31-24-26-20-11-7-6-10-19(20)23(30)28(24)22-18(5)9-8-12-25-22/h6-12,16-17H,13-15H2,1-5H3. The van der Waals surface area contributed by atoms with Gasteiger partial charge in [-0.2, -0.15) is 0 Å². The highest BCUT2D eigenvalue weighted by Gasteiger charge is 2.20. The number of hydrogen-bond acceptors (Lipinski definition) is 5. The van der Waals surface area contributed by atoms with Gasteiger partial charge >= 0.3 is 0 Å². The van der Waals surface area contributed by atoms with Crippen LogP contribution in [0.15, 0.2) is 52.5 Å². The van der Waals surface area contributed by atoms with Crippen molar-refractivity contribution in [2.24, 2.45) is 11.8 Å². The number of benzene rings is 1. The lowest BCUT2D eigenvalue weighted by Crippen LogP contribution is -2.38. The fourth-order valence-corrected chi connectivity index (χ4v) is 4.38. The lowest BCUT2D eigenvalue weighted by Gasteiger charge is -2.26. The first kappa shape index (κ1) is 23.0. The van der Waals surface area contributed by atoms with Gasteiger partial charge in [0.15, 0.2) is 5.16 Å². The normalized spacial score (nSPS) is 11.5. The summed E-state index contributed by atoms with van der Waals surface area (Å²) in [6.45, 7) is 11.8. The van der Waals surface area contributed by atoms with Crippen molar-refractivity contribution in [1.82, 2.24) is 19.4 Å². The van der Waals surface area contributed by atoms with Crippen molar-refractivity contribution in [3.05, 3.63) is 58.5 Å². The van der Waals surface area contributed by atoms with Gasteiger partial charge in [0.1, 0.15) is 5.82 Å². The number of nitrogens with zero attached hydrogens (tertiary/aromatic N) is 4. The maximum absolute atomic E-state index is 13.3. The average molecular weight is 439 g/mol. The summed E-state index contributed by atoms with van der Waals surface area (Å²) in [4.78, 5) is 37.4. The highest BCUT2D eigenvalue weighted by Crippen LogP contribution is 2.22. The molecule has 2 aromatic heterocycles. The Morgan fingerprint density at radius 2 is 1.74 bits per heavy atom. The largest absolute Gasteiger partial charge is 0.341 e. The molecule has 1 amide bonds. The van der Waals surface area contributed by atoms with Gasteiger partial charge in [-0.15, -0.1) is 0 Å². The molecule has 31 heavy (non-hydrogen) atoms. The quantitative estimate of drug-likeness (QED) is 0.387. The Labute approximate surface area is 187 Å². The van der Waals surface area contributed by atoms with Crippen LogP contribution in [0.1, 0.15) is 33.3 Å². The van der Waals surface area contributed by atoms with Crippen LogP contribution >= 0.6 is 11.8 Å². The molecule has 3 rings (SSSR count). The third kappa shape index (κ3) is 5.53. The van der Waals surface area contributed by atoms with Gasteiger partial charge in [0.05, 0.1) is 16.7 Å². The Morgan fingerprint density at radius 1 is 1.06 bits per heavy atom. The summed E-state index contributed by atoms with van der Waals surface area (Å²) in [7, 11) is 0. The molecule has 0 radical (unpaired) electrons. The molecule has 0 atom stereocenters. The third-order valence-corrected chi connectivity index (χ3v) is 5.71. The number of thioether (sulfide) groups is 1. The van der Waals surface area contributed by atoms with Gasteiger partial charge in [-0.25, -0.2) is 14.5 Å². The topological polar surface area (TPSA) is 68.1 Å². The number of aromatic nitrogens is 3. The maximum Gasteiger partial charge on any atom is 0.267 e. The van der Waals surface area contributed by atoms with Gasteiger partial charge in [0, 0.05) is 19.3 Å². The van der Waals surface area contributed by atoms with E-state index in [1.807, 2.05) is 42.2 Å². The lowest BCUT2D eigenvalue weighted by atomic mass is 10.1. The summed E-state index contributed by atoms with van der Waals surface area (Å²) in [5, 5.41) is 1.01. The second-order valence-electron chi connectivity index (χ2n) is 8.57. The van der Waals surface area contributed by atoms with E-state index in [4.69, 9.17) is 4.98 Å². The van der Waals surface area contributed by atoms with Crippen LogP contribution < -0.4 is 5.56 Å². The Balaban J connectivity index is 1.99. The van der Waals surface area contributed by atoms with Crippen molar-refractivity contribution < 1.29 is 4.79 Å². The van der Waals surface area contributed by atoms with Crippen molar-refractivity contribution in [2.75, 3.05) is 18.8 Å². The number of hydrogen-bond donors (Lipinski definition) is 0. The zero-order valence-corrected chi connectivity index (χ0v) is 19.6. The number of pyridine rings is 1. The molecule has 0 aliphatic carbocycles. The number of para-hydroxylation sites is 1. The minimum Gasteiger partial charge on any atom is -0.341 e. The number of amides is 1. The zero-order valence-electron chi connectivity index (χ0n) is 18.8. The Hall–Kier alpha value is -2.67. The second kappa shape index (κ2) is 10.1. The summed E-state index contributed by atoms with van der Waals surface area (Å²) in [5.41, 5.74) is 1.31. The predicted octanol–water partition coefficient (Wildman–Crippen LogP) is 4.32. The minimum absolute atomic E-state index is 0.0547. The monoisotopic (exact) mass is 438 g/mol. The van der Waals surface area contributed by atoms with Gasteiger partial charge in [0.2, 0.25) is 5.91 Å². The molecule has 0 bridgehead atoms. The smallest absolute Gasteiger partial charge is 0.267 e. The number of rotatable bonds is 8. The van der Waals surface area contributed by atoms with Crippen molar-refractivity contribution >= 4 is 28.6 Å². The van der Waals surface area contributed by atoms with Crippen LogP contribution in [0, 0.1) is 18.8 Å². The predicted molar refractivity (Wildman–Crippen MR) is 127 cm³/mol. The van der Waals surface area contributed by atoms with E-state index in [-0.39, 0.29) is 17.2 Å². The first-order chi connectivity index (χ1) is 14.8. The van der Waals surface area contributed by atoms with E-state index in [0.29, 0.717) is 33.7 Å². The molecular formula is C24H30N4O2S. The Kier molecular flexibility index (Phi) is 7.49. The highest BCUT2D eigenvalue weighted by molar-refractivity contribution is 7.99. The van der Waals surface area contributed by atoms with E-state index in [1.54, 1.807) is 12.3 Å². The molecule has 6 nitrogen and oxygen atoms in total. The van der Waals surface area contributed by atoms with Gasteiger partial charge < -0.3 is 4.90 Å². The fraction of sp³-hybridized carbons (Fsp3) is 0.417. The molecule has 0 fully saturated rings. The molecule has 0 N–H and O–H groups in total. The molecule has 7 heteroatoms. The van der Waals surface area contributed by atoms with Crippen LogP contribution in [-0.4, -0.2) is 44.2 Å². The van der Waals surface area contributed by atoms with Crippen LogP contribution in [0.25, 0.3) is 16.7 Å². The fourth-order valence-electron chi connectivity index (χ4n) is 3.48. The number of fused-ring (bicyclic) bond motifs is 1. The van der Waals surface area contributed by atoms with Crippen LogP contribution in [0.5, 0.6) is 0 Å². The van der Waals surface area contributed by atoms with E-state index in [1.165, 1.54) is 16.3 Å². The van der Waals surface area contributed by atoms with E-state index in [0.717, 1.165) is 18.7 Å². The van der Waals surface area contributed by atoms with Crippen molar-refractivity contribution in [3.8, 4) is 5.82 Å². The van der Waals surface area contributed by atoms with E-state index in [9.17, 15) is 9.59 Å². The first-order valence-electron chi connectivity index (χ1n) is 10.6. The third-order valence-electron chi connectivity index (χ3n) is 4.79. The molecule has 164 valence electrons.